The van der Waals surface area contributed by atoms with Crippen LogP contribution in [0.4, 0.5) is 13.2 Å². The van der Waals surface area contributed by atoms with E-state index >= 15 is 0 Å². The van der Waals surface area contributed by atoms with E-state index in [1.54, 1.807) is 12.1 Å². The van der Waals surface area contributed by atoms with E-state index in [9.17, 15) is 13.2 Å². The van der Waals surface area contributed by atoms with Gasteiger partial charge in [0.05, 0.1) is 5.56 Å². The lowest BCUT2D eigenvalue weighted by Crippen LogP contribution is -2.24. The van der Waals surface area contributed by atoms with Gasteiger partial charge in [-0.05, 0) is 37.1 Å². The summed E-state index contributed by atoms with van der Waals surface area (Å²) in [7, 11) is 0. The van der Waals surface area contributed by atoms with Crippen LogP contribution in [0.2, 0.25) is 0 Å². The van der Waals surface area contributed by atoms with Crippen LogP contribution < -0.4 is 5.32 Å². The Morgan fingerprint density at radius 2 is 2.11 bits per heavy atom. The van der Waals surface area contributed by atoms with E-state index in [0.29, 0.717) is 29.4 Å². The van der Waals surface area contributed by atoms with E-state index < -0.39 is 11.7 Å². The van der Waals surface area contributed by atoms with Crippen molar-refractivity contribution in [3.63, 3.8) is 0 Å². The normalized spacial score (nSPS) is 13.3. The first kappa shape index (κ1) is 16.2. The molecule has 1 aromatic rings. The van der Waals surface area contributed by atoms with Crippen molar-refractivity contribution in [3.05, 3.63) is 46.5 Å². The van der Waals surface area contributed by atoms with Gasteiger partial charge in [0.2, 0.25) is 0 Å². The smallest absolute Gasteiger partial charge is 0.310 e. The summed E-state index contributed by atoms with van der Waals surface area (Å²) >= 11 is 3.09. The van der Waals surface area contributed by atoms with Crippen molar-refractivity contribution in [1.29, 1.82) is 0 Å². The molecule has 1 rings (SSSR count). The number of nitrogens with one attached hydrogen (secondary N) is 1. The van der Waals surface area contributed by atoms with Gasteiger partial charge in [0.1, 0.15) is 0 Å². The summed E-state index contributed by atoms with van der Waals surface area (Å²) in [4.78, 5) is 0. The molecule has 0 aromatic heterocycles. The zero-order valence-corrected chi connectivity index (χ0v) is 12.3. The summed E-state index contributed by atoms with van der Waals surface area (Å²) in [5.74, 6) is 0. The van der Waals surface area contributed by atoms with Crippen molar-refractivity contribution in [2.24, 2.45) is 0 Å². The molecule has 1 unspecified atom stereocenters. The van der Waals surface area contributed by atoms with Gasteiger partial charge in [0, 0.05) is 10.5 Å². The van der Waals surface area contributed by atoms with Crippen molar-refractivity contribution in [3.8, 4) is 0 Å². The average Bonchev–Trinajstić information content (AvgIpc) is 2.33. The van der Waals surface area contributed by atoms with Crippen molar-refractivity contribution < 1.29 is 13.2 Å². The van der Waals surface area contributed by atoms with Gasteiger partial charge < -0.3 is 5.32 Å². The third-order valence-electron chi connectivity index (χ3n) is 2.81. The minimum atomic E-state index is -4.35. The maximum Gasteiger partial charge on any atom is 0.416 e. The standard InChI is InChI=1S/C14H17BrF3N/c1-3-5-6-13(19-4-2)11-8-7-10(15)9-12(11)14(16,17)18/h3,7-9,13,19H,1,4-6H2,2H3. The fourth-order valence-corrected chi connectivity index (χ4v) is 2.34. The number of hydrogen-bond acceptors (Lipinski definition) is 1. The molecule has 1 N–H and O–H groups in total. The van der Waals surface area contributed by atoms with Crippen LogP contribution in [0.1, 0.15) is 36.9 Å². The second-order valence-corrected chi connectivity index (χ2v) is 5.12. The SMILES string of the molecule is C=CCCC(NCC)c1ccc(Br)cc1C(F)(F)F. The van der Waals surface area contributed by atoms with Gasteiger partial charge >= 0.3 is 6.18 Å². The molecule has 1 atom stereocenters. The van der Waals surface area contributed by atoms with Crippen LogP contribution >= 0.6 is 15.9 Å². The van der Waals surface area contributed by atoms with E-state index in [1.165, 1.54) is 6.07 Å². The predicted octanol–water partition coefficient (Wildman–Crippen LogP) is 5.08. The lowest BCUT2D eigenvalue weighted by Gasteiger charge is -2.22. The molecule has 1 aromatic carbocycles. The molecule has 0 saturated carbocycles. The highest BCUT2D eigenvalue weighted by atomic mass is 79.9. The lowest BCUT2D eigenvalue weighted by atomic mass is 9.96. The molecule has 0 radical (unpaired) electrons. The second-order valence-electron chi connectivity index (χ2n) is 4.21. The molecule has 0 aliphatic heterocycles. The van der Waals surface area contributed by atoms with Crippen LogP contribution in [0, 0.1) is 0 Å². The first-order valence-corrected chi connectivity index (χ1v) is 6.90. The third-order valence-corrected chi connectivity index (χ3v) is 3.30. The first-order valence-electron chi connectivity index (χ1n) is 6.11. The number of alkyl halides is 3. The van der Waals surface area contributed by atoms with Crippen molar-refractivity contribution in [1.82, 2.24) is 5.32 Å². The maximum absolute atomic E-state index is 13.1. The van der Waals surface area contributed by atoms with Crippen LogP contribution in [0.3, 0.4) is 0 Å². The zero-order valence-electron chi connectivity index (χ0n) is 10.7. The molecule has 0 fully saturated rings. The maximum atomic E-state index is 13.1. The van der Waals surface area contributed by atoms with E-state index in [0.717, 1.165) is 6.07 Å². The van der Waals surface area contributed by atoms with Gasteiger partial charge in [-0.15, -0.1) is 6.58 Å². The minimum Gasteiger partial charge on any atom is -0.310 e. The van der Waals surface area contributed by atoms with Crippen LogP contribution in [0.25, 0.3) is 0 Å². The van der Waals surface area contributed by atoms with Gasteiger partial charge in [-0.25, -0.2) is 0 Å². The Labute approximate surface area is 120 Å². The summed E-state index contributed by atoms with van der Waals surface area (Å²) in [6.45, 7) is 6.12. The van der Waals surface area contributed by atoms with Gasteiger partial charge in [-0.3, -0.25) is 0 Å². The van der Waals surface area contributed by atoms with Crippen molar-refractivity contribution in [2.45, 2.75) is 32.0 Å². The van der Waals surface area contributed by atoms with E-state index in [-0.39, 0.29) is 6.04 Å². The summed E-state index contributed by atoms with van der Waals surface area (Å²) in [6, 6.07) is 3.99. The number of benzene rings is 1. The third kappa shape index (κ3) is 4.66. The van der Waals surface area contributed by atoms with Crippen molar-refractivity contribution in [2.75, 3.05) is 6.54 Å². The molecule has 0 aliphatic rings. The van der Waals surface area contributed by atoms with E-state index in [1.807, 2.05) is 6.92 Å². The molecule has 0 saturated heterocycles. The van der Waals surface area contributed by atoms with Gasteiger partial charge in [0.25, 0.3) is 0 Å². The second kappa shape index (κ2) is 7.10. The first-order chi connectivity index (χ1) is 8.90. The quantitative estimate of drug-likeness (QED) is 0.714. The summed E-state index contributed by atoms with van der Waals surface area (Å²) in [6.07, 6.45) is -1.36. The topological polar surface area (TPSA) is 12.0 Å². The Morgan fingerprint density at radius 3 is 2.63 bits per heavy atom. The molecule has 0 bridgehead atoms. The van der Waals surface area contributed by atoms with Gasteiger partial charge in [-0.1, -0.05) is 35.0 Å². The molecule has 0 spiro atoms. The Hall–Kier alpha value is -0.810. The minimum absolute atomic E-state index is 0.291. The van der Waals surface area contributed by atoms with Crippen molar-refractivity contribution >= 4 is 15.9 Å². The number of allylic oxidation sites excluding steroid dienone is 1. The Balaban J connectivity index is 3.17. The van der Waals surface area contributed by atoms with Crippen LogP contribution in [-0.4, -0.2) is 6.54 Å². The molecule has 19 heavy (non-hydrogen) atoms. The molecule has 1 nitrogen and oxygen atoms in total. The summed E-state index contributed by atoms with van der Waals surface area (Å²) in [5, 5.41) is 3.10. The monoisotopic (exact) mass is 335 g/mol. The highest BCUT2D eigenvalue weighted by Gasteiger charge is 2.35. The lowest BCUT2D eigenvalue weighted by molar-refractivity contribution is -0.138. The highest BCUT2D eigenvalue weighted by molar-refractivity contribution is 9.10. The van der Waals surface area contributed by atoms with E-state index in [2.05, 4.69) is 27.8 Å². The van der Waals surface area contributed by atoms with Gasteiger partial charge in [0.15, 0.2) is 0 Å². The molecule has 5 heteroatoms. The van der Waals surface area contributed by atoms with Gasteiger partial charge in [-0.2, -0.15) is 13.2 Å². The molecule has 0 aliphatic carbocycles. The number of halogens is 4. The number of rotatable bonds is 6. The van der Waals surface area contributed by atoms with Crippen LogP contribution in [0.15, 0.2) is 35.3 Å². The Kier molecular flexibility index (Phi) is 6.07. The van der Waals surface area contributed by atoms with E-state index in [4.69, 9.17) is 0 Å². The summed E-state index contributed by atoms with van der Waals surface area (Å²) < 4.78 is 39.7. The zero-order chi connectivity index (χ0) is 14.5. The predicted molar refractivity (Wildman–Crippen MR) is 75.0 cm³/mol. The fourth-order valence-electron chi connectivity index (χ4n) is 1.98. The average molecular weight is 336 g/mol. The van der Waals surface area contributed by atoms with Crippen LogP contribution in [0.5, 0.6) is 0 Å². The summed E-state index contributed by atoms with van der Waals surface area (Å²) in [5.41, 5.74) is -0.295. The molecular weight excluding hydrogens is 319 g/mol. The molecule has 106 valence electrons. The largest absolute Gasteiger partial charge is 0.416 e. The number of hydrogen-bond donors (Lipinski definition) is 1. The molecular formula is C14H17BrF3N. The Morgan fingerprint density at radius 1 is 1.42 bits per heavy atom. The Bertz CT molecular complexity index is 429. The van der Waals surface area contributed by atoms with Crippen LogP contribution in [-0.2, 0) is 6.18 Å². The fraction of sp³-hybridized carbons (Fsp3) is 0.429. The molecule has 0 amide bonds. The molecule has 0 heterocycles. The highest BCUT2D eigenvalue weighted by Crippen LogP contribution is 2.37.